The highest BCUT2D eigenvalue weighted by Crippen LogP contribution is 1.94. The molecule has 6 heteroatoms. The molecule has 0 radical (unpaired) electrons. The van der Waals surface area contributed by atoms with Gasteiger partial charge in [-0.3, -0.25) is 22.3 Å². The van der Waals surface area contributed by atoms with Crippen LogP contribution in [0.3, 0.4) is 0 Å². The molecular formula is C6H12N4S2+2. The summed E-state index contributed by atoms with van der Waals surface area (Å²) < 4.78 is 0. The van der Waals surface area contributed by atoms with E-state index < -0.39 is 0 Å². The van der Waals surface area contributed by atoms with Gasteiger partial charge < -0.3 is 0 Å². The summed E-state index contributed by atoms with van der Waals surface area (Å²) in [7, 11) is 0. The van der Waals surface area contributed by atoms with Crippen molar-refractivity contribution >= 4 is 33.9 Å². The van der Waals surface area contributed by atoms with Crippen molar-refractivity contribution in [2.24, 2.45) is 11.5 Å². The lowest BCUT2D eigenvalue weighted by atomic mass is 10.7. The number of thioether (sulfide) groups is 2. The largest absolute Gasteiger partial charge is 0.300 e. The molecule has 0 heterocycles. The van der Waals surface area contributed by atoms with E-state index in [0.717, 1.165) is 0 Å². The Morgan fingerprint density at radius 1 is 1.00 bits per heavy atom. The highest BCUT2D eigenvalue weighted by molar-refractivity contribution is 8.14. The van der Waals surface area contributed by atoms with E-state index in [9.17, 15) is 0 Å². The second-order valence-electron chi connectivity index (χ2n) is 1.74. The van der Waals surface area contributed by atoms with Gasteiger partial charge in [0.15, 0.2) is 0 Å². The number of rotatable bonds is 2. The predicted octanol–water partition coefficient (Wildman–Crippen LogP) is -3.40. The van der Waals surface area contributed by atoms with Crippen molar-refractivity contribution < 1.29 is 10.8 Å². The first-order chi connectivity index (χ1) is 5.63. The SMILES string of the molecule is NC(=[NH2+])SCC#CCSC(N)=[NH2+]. The van der Waals surface area contributed by atoms with Crippen LogP contribution in [0, 0.1) is 11.8 Å². The molecule has 66 valence electrons. The summed E-state index contributed by atoms with van der Waals surface area (Å²) in [4.78, 5) is 0. The normalized spacial score (nSPS) is 8.33. The molecule has 0 bridgehead atoms. The van der Waals surface area contributed by atoms with Gasteiger partial charge in [0, 0.05) is 0 Å². The Morgan fingerprint density at radius 2 is 1.33 bits per heavy atom. The molecule has 0 unspecified atom stereocenters. The fraction of sp³-hybridized carbons (Fsp3) is 0.333. The summed E-state index contributed by atoms with van der Waals surface area (Å²) in [5, 5.41) is 11.1. The first kappa shape index (κ1) is 11.2. The van der Waals surface area contributed by atoms with Crippen molar-refractivity contribution in [1.82, 2.24) is 0 Å². The summed E-state index contributed by atoms with van der Waals surface area (Å²) in [6.07, 6.45) is 0. The number of hydrogen-bond donors (Lipinski definition) is 4. The van der Waals surface area contributed by atoms with Crippen molar-refractivity contribution in [3.8, 4) is 11.8 Å². The lowest BCUT2D eigenvalue weighted by molar-refractivity contribution is -0.110. The van der Waals surface area contributed by atoms with Crippen LogP contribution >= 0.6 is 23.5 Å². The highest BCUT2D eigenvalue weighted by Gasteiger charge is 1.92. The molecule has 0 saturated heterocycles. The topological polar surface area (TPSA) is 103 Å². The van der Waals surface area contributed by atoms with Crippen LogP contribution in [0.5, 0.6) is 0 Å². The second-order valence-corrected chi connectivity index (χ2v) is 3.83. The third-order valence-electron chi connectivity index (χ3n) is 0.747. The molecule has 0 rings (SSSR count). The van der Waals surface area contributed by atoms with E-state index in [1.165, 1.54) is 23.5 Å². The summed E-state index contributed by atoms with van der Waals surface area (Å²) in [6, 6.07) is 0. The molecule has 0 spiro atoms. The molecule has 0 aliphatic heterocycles. The first-order valence-corrected chi connectivity index (χ1v) is 5.07. The van der Waals surface area contributed by atoms with Gasteiger partial charge in [-0.25, -0.2) is 0 Å². The average molecular weight is 204 g/mol. The lowest BCUT2D eigenvalue weighted by Gasteiger charge is -1.84. The fourth-order valence-corrected chi connectivity index (χ4v) is 1.02. The van der Waals surface area contributed by atoms with E-state index in [4.69, 9.17) is 22.3 Å². The van der Waals surface area contributed by atoms with Gasteiger partial charge >= 0.3 is 10.3 Å². The van der Waals surface area contributed by atoms with Crippen LogP contribution in [-0.4, -0.2) is 21.8 Å². The highest BCUT2D eigenvalue weighted by atomic mass is 32.2. The van der Waals surface area contributed by atoms with Crippen LogP contribution < -0.4 is 22.3 Å². The zero-order valence-electron chi connectivity index (χ0n) is 6.54. The fourth-order valence-electron chi connectivity index (χ4n) is 0.341. The van der Waals surface area contributed by atoms with Crippen LogP contribution in [-0.2, 0) is 0 Å². The Kier molecular flexibility index (Phi) is 6.42. The first-order valence-electron chi connectivity index (χ1n) is 3.10. The van der Waals surface area contributed by atoms with Gasteiger partial charge in [0.1, 0.15) is 0 Å². The monoisotopic (exact) mass is 204 g/mol. The van der Waals surface area contributed by atoms with E-state index >= 15 is 0 Å². The Bertz CT molecular complexity index is 205. The number of hydrogen-bond acceptors (Lipinski definition) is 2. The molecule has 0 aromatic heterocycles. The van der Waals surface area contributed by atoms with Gasteiger partial charge in [0.05, 0.1) is 11.5 Å². The maximum absolute atomic E-state index is 5.20. The summed E-state index contributed by atoms with van der Waals surface area (Å²) in [5.41, 5.74) is 10.4. The minimum Gasteiger partial charge on any atom is -0.282 e. The quantitative estimate of drug-likeness (QED) is 0.214. The minimum atomic E-state index is 0.335. The van der Waals surface area contributed by atoms with Gasteiger partial charge in [-0.15, -0.1) is 0 Å². The Morgan fingerprint density at radius 3 is 1.58 bits per heavy atom. The van der Waals surface area contributed by atoms with Crippen molar-refractivity contribution in [3.63, 3.8) is 0 Å². The van der Waals surface area contributed by atoms with Gasteiger partial charge in [-0.1, -0.05) is 11.8 Å². The molecule has 0 atom stereocenters. The smallest absolute Gasteiger partial charge is 0.282 e. The van der Waals surface area contributed by atoms with Gasteiger partial charge in [0.25, 0.3) is 0 Å². The molecule has 0 aliphatic rings. The second kappa shape index (κ2) is 6.88. The zero-order chi connectivity index (χ0) is 9.40. The third kappa shape index (κ3) is 9.20. The van der Waals surface area contributed by atoms with Gasteiger partial charge in [-0.05, 0) is 23.5 Å². The number of nitrogens with two attached hydrogens (primary N) is 4. The van der Waals surface area contributed by atoms with Gasteiger partial charge in [0.2, 0.25) is 0 Å². The number of amidine groups is 2. The Balaban J connectivity index is 3.35. The lowest BCUT2D eigenvalue weighted by Crippen LogP contribution is -2.43. The van der Waals surface area contributed by atoms with Crippen LogP contribution in [0.25, 0.3) is 0 Å². The molecule has 0 aromatic carbocycles. The van der Waals surface area contributed by atoms with Crippen LogP contribution in [0.15, 0.2) is 0 Å². The van der Waals surface area contributed by atoms with Crippen molar-refractivity contribution in [2.45, 2.75) is 0 Å². The summed E-state index contributed by atoms with van der Waals surface area (Å²) in [6.45, 7) is 0. The van der Waals surface area contributed by atoms with E-state index in [1.807, 2.05) is 0 Å². The molecule has 12 heavy (non-hydrogen) atoms. The van der Waals surface area contributed by atoms with Crippen molar-refractivity contribution in [1.29, 1.82) is 0 Å². The standard InChI is InChI=1S/C6H10N4S2/c7-5(8)11-3-1-2-4-12-6(9)10/h3-4H2,(H3,7,8)(H3,9,10)/p+2. The average Bonchev–Trinajstić information content (AvgIpc) is 1.95. The maximum Gasteiger partial charge on any atom is 0.300 e. The van der Waals surface area contributed by atoms with E-state index in [0.29, 0.717) is 21.8 Å². The van der Waals surface area contributed by atoms with Crippen LogP contribution in [0.1, 0.15) is 0 Å². The van der Waals surface area contributed by atoms with Crippen molar-refractivity contribution in [3.05, 3.63) is 0 Å². The third-order valence-corrected chi connectivity index (χ3v) is 1.99. The van der Waals surface area contributed by atoms with Crippen LogP contribution in [0.4, 0.5) is 0 Å². The molecule has 0 saturated carbocycles. The van der Waals surface area contributed by atoms with E-state index in [-0.39, 0.29) is 0 Å². The van der Waals surface area contributed by atoms with E-state index in [1.54, 1.807) is 0 Å². The molecule has 4 nitrogen and oxygen atoms in total. The predicted molar refractivity (Wildman–Crippen MR) is 54.9 cm³/mol. The summed E-state index contributed by atoms with van der Waals surface area (Å²) >= 11 is 2.62. The Hall–Kier alpha value is -0.800. The van der Waals surface area contributed by atoms with E-state index in [2.05, 4.69) is 11.8 Å². The molecule has 8 N–H and O–H groups in total. The Labute approximate surface area is 79.9 Å². The van der Waals surface area contributed by atoms with Crippen LogP contribution in [0.2, 0.25) is 0 Å². The molecule has 0 aromatic rings. The molecule has 0 amide bonds. The maximum atomic E-state index is 5.20. The molecular weight excluding hydrogens is 192 g/mol. The summed E-state index contributed by atoms with van der Waals surface area (Å²) in [5.74, 6) is 6.93. The van der Waals surface area contributed by atoms with Crippen molar-refractivity contribution in [2.75, 3.05) is 11.5 Å². The molecule has 0 fully saturated rings. The minimum absolute atomic E-state index is 0.335. The van der Waals surface area contributed by atoms with Gasteiger partial charge in [-0.2, -0.15) is 0 Å². The molecule has 0 aliphatic carbocycles. The zero-order valence-corrected chi connectivity index (χ0v) is 8.17.